The summed E-state index contributed by atoms with van der Waals surface area (Å²) in [5.74, 6) is 0.753. The number of nitrogens with zero attached hydrogens (tertiary/aromatic N) is 3. The van der Waals surface area contributed by atoms with Crippen LogP contribution in [-0.2, 0) is 12.7 Å². The summed E-state index contributed by atoms with van der Waals surface area (Å²) in [6.45, 7) is 2.08. The number of hydrogen-bond acceptors (Lipinski definition) is 6. The molecule has 1 aliphatic heterocycles. The SMILES string of the molecule is O=C(NO)c1cnc(N2C[C@@H]3C(NCc4ccc(C(F)(F)F)cc4)[C@@H]3C2)nc1. The van der Waals surface area contributed by atoms with Gasteiger partial charge in [-0.3, -0.25) is 10.0 Å². The van der Waals surface area contributed by atoms with Crippen LogP contribution in [0.4, 0.5) is 19.1 Å². The number of nitrogens with one attached hydrogen (secondary N) is 2. The summed E-state index contributed by atoms with van der Waals surface area (Å²) in [5, 5.41) is 12.0. The summed E-state index contributed by atoms with van der Waals surface area (Å²) in [7, 11) is 0. The number of carbonyl (C=O) groups is 1. The standard InChI is InChI=1S/C18H18F3N5O2/c19-18(20,21)12-3-1-10(2-4-12)5-22-15-13-8-26(9-14(13)15)17-23-6-11(7-24-17)16(27)25-28/h1-4,6-7,13-15,22,28H,5,8-9H2,(H,25,27)/t13-,14+,15?. The maximum absolute atomic E-state index is 12.6. The molecule has 2 aromatic rings. The van der Waals surface area contributed by atoms with Crippen molar-refractivity contribution in [2.24, 2.45) is 11.8 Å². The monoisotopic (exact) mass is 393 g/mol. The third kappa shape index (κ3) is 3.65. The van der Waals surface area contributed by atoms with E-state index in [1.807, 2.05) is 4.90 Å². The highest BCUT2D eigenvalue weighted by molar-refractivity contribution is 5.92. The van der Waals surface area contributed by atoms with Crippen LogP contribution in [0.5, 0.6) is 0 Å². The van der Waals surface area contributed by atoms with Crippen LogP contribution in [0.25, 0.3) is 0 Å². The number of rotatable bonds is 5. The van der Waals surface area contributed by atoms with Crippen LogP contribution in [0.3, 0.4) is 0 Å². The Kier molecular flexibility index (Phi) is 4.68. The minimum absolute atomic E-state index is 0.173. The molecule has 0 bridgehead atoms. The van der Waals surface area contributed by atoms with Crippen LogP contribution < -0.4 is 15.7 Å². The summed E-state index contributed by atoms with van der Waals surface area (Å²) in [6.07, 6.45) is -1.60. The van der Waals surface area contributed by atoms with Gasteiger partial charge in [-0.1, -0.05) is 12.1 Å². The maximum atomic E-state index is 12.6. The highest BCUT2D eigenvalue weighted by Gasteiger charge is 2.55. The highest BCUT2D eigenvalue weighted by atomic mass is 19.4. The van der Waals surface area contributed by atoms with Crippen LogP contribution in [0, 0.1) is 11.8 Å². The molecule has 7 nitrogen and oxygen atoms in total. The summed E-state index contributed by atoms with van der Waals surface area (Å²) in [5.41, 5.74) is 1.88. The molecule has 0 radical (unpaired) electrons. The van der Waals surface area contributed by atoms with Crippen LogP contribution in [-0.4, -0.2) is 40.2 Å². The van der Waals surface area contributed by atoms with Crippen molar-refractivity contribution in [1.29, 1.82) is 0 Å². The lowest BCUT2D eigenvalue weighted by atomic mass is 10.1. The van der Waals surface area contributed by atoms with Crippen LogP contribution in [0.1, 0.15) is 21.5 Å². The van der Waals surface area contributed by atoms with Gasteiger partial charge in [-0.25, -0.2) is 15.4 Å². The molecule has 148 valence electrons. The summed E-state index contributed by atoms with van der Waals surface area (Å²) in [4.78, 5) is 21.6. The molecule has 1 aliphatic carbocycles. The first kappa shape index (κ1) is 18.6. The molecule has 3 N–H and O–H groups in total. The highest BCUT2D eigenvalue weighted by Crippen LogP contribution is 2.46. The summed E-state index contributed by atoms with van der Waals surface area (Å²) >= 11 is 0. The predicted octanol–water partition coefficient (Wildman–Crippen LogP) is 1.84. The van der Waals surface area contributed by atoms with Crippen molar-refractivity contribution in [3.63, 3.8) is 0 Å². The van der Waals surface area contributed by atoms with Gasteiger partial charge in [0.1, 0.15) is 0 Å². The Bertz CT molecular complexity index is 845. The van der Waals surface area contributed by atoms with Crippen LogP contribution >= 0.6 is 0 Å². The van der Waals surface area contributed by atoms with Gasteiger partial charge in [0.05, 0.1) is 11.1 Å². The molecule has 0 spiro atoms. The Morgan fingerprint density at radius 3 is 2.29 bits per heavy atom. The van der Waals surface area contributed by atoms with Crippen molar-refractivity contribution < 1.29 is 23.2 Å². The summed E-state index contributed by atoms with van der Waals surface area (Å²) < 4.78 is 37.8. The number of hydrogen-bond donors (Lipinski definition) is 3. The number of alkyl halides is 3. The fourth-order valence-electron chi connectivity index (χ4n) is 3.71. The molecule has 10 heteroatoms. The van der Waals surface area contributed by atoms with Gasteiger partial charge in [0.25, 0.3) is 5.91 Å². The fraction of sp³-hybridized carbons (Fsp3) is 0.389. The average Bonchev–Trinajstić information content (AvgIpc) is 3.14. The molecule has 3 atom stereocenters. The molecule has 1 aromatic heterocycles. The topological polar surface area (TPSA) is 90.4 Å². The first-order valence-electron chi connectivity index (χ1n) is 8.78. The zero-order chi connectivity index (χ0) is 19.9. The molecule has 1 saturated carbocycles. The van der Waals surface area contributed by atoms with E-state index in [0.29, 0.717) is 30.4 Å². The van der Waals surface area contributed by atoms with Crippen molar-refractivity contribution in [3.8, 4) is 0 Å². The Labute approximate surface area is 158 Å². The van der Waals surface area contributed by atoms with Gasteiger partial charge in [-0.05, 0) is 29.5 Å². The van der Waals surface area contributed by atoms with E-state index in [2.05, 4.69) is 15.3 Å². The Morgan fingerprint density at radius 1 is 1.14 bits per heavy atom. The molecule has 1 aromatic carbocycles. The van der Waals surface area contributed by atoms with Crippen molar-refractivity contribution in [3.05, 3.63) is 53.3 Å². The molecule has 4 rings (SSSR count). The second-order valence-electron chi connectivity index (χ2n) is 7.05. The van der Waals surface area contributed by atoms with Crippen molar-refractivity contribution in [1.82, 2.24) is 20.8 Å². The number of hydroxylamine groups is 1. The van der Waals surface area contributed by atoms with Crippen molar-refractivity contribution >= 4 is 11.9 Å². The van der Waals surface area contributed by atoms with E-state index in [9.17, 15) is 18.0 Å². The minimum atomic E-state index is -4.31. The zero-order valence-corrected chi connectivity index (χ0v) is 14.6. The number of halogens is 3. The maximum Gasteiger partial charge on any atom is 0.416 e. The second-order valence-corrected chi connectivity index (χ2v) is 7.05. The van der Waals surface area contributed by atoms with E-state index < -0.39 is 17.6 Å². The van der Waals surface area contributed by atoms with Gasteiger partial charge in [0, 0.05) is 38.1 Å². The Balaban J connectivity index is 1.27. The number of anilines is 1. The van der Waals surface area contributed by atoms with Crippen LogP contribution in [0.2, 0.25) is 0 Å². The van der Waals surface area contributed by atoms with E-state index >= 15 is 0 Å². The van der Waals surface area contributed by atoms with Gasteiger partial charge < -0.3 is 10.2 Å². The lowest BCUT2D eigenvalue weighted by Gasteiger charge is -2.20. The predicted molar refractivity (Wildman–Crippen MR) is 92.5 cm³/mol. The number of aromatic nitrogens is 2. The number of benzene rings is 1. The minimum Gasteiger partial charge on any atom is -0.340 e. The molecular weight excluding hydrogens is 375 g/mol. The molecule has 1 unspecified atom stereocenters. The van der Waals surface area contributed by atoms with Gasteiger partial charge in [-0.2, -0.15) is 13.2 Å². The fourth-order valence-corrected chi connectivity index (χ4v) is 3.71. The van der Waals surface area contributed by atoms with E-state index in [1.165, 1.54) is 30.0 Å². The largest absolute Gasteiger partial charge is 0.416 e. The first-order chi connectivity index (χ1) is 13.4. The average molecular weight is 393 g/mol. The number of carbonyl (C=O) groups excluding carboxylic acids is 1. The quantitative estimate of drug-likeness (QED) is 0.531. The van der Waals surface area contributed by atoms with Crippen molar-refractivity contribution in [2.75, 3.05) is 18.0 Å². The van der Waals surface area contributed by atoms with Gasteiger partial charge in [-0.15, -0.1) is 0 Å². The second kappa shape index (κ2) is 7.02. The molecular formula is C18H18F3N5O2. The zero-order valence-electron chi connectivity index (χ0n) is 14.6. The molecule has 2 aliphatic rings. The lowest BCUT2D eigenvalue weighted by molar-refractivity contribution is -0.137. The number of piperidine rings is 1. The van der Waals surface area contributed by atoms with Crippen LogP contribution in [0.15, 0.2) is 36.7 Å². The summed E-state index contributed by atoms with van der Waals surface area (Å²) in [6, 6.07) is 5.53. The van der Waals surface area contributed by atoms with E-state index in [1.54, 1.807) is 0 Å². The van der Waals surface area contributed by atoms with Gasteiger partial charge in [0.15, 0.2) is 0 Å². The molecule has 28 heavy (non-hydrogen) atoms. The van der Waals surface area contributed by atoms with Gasteiger partial charge >= 0.3 is 6.18 Å². The van der Waals surface area contributed by atoms with Crippen molar-refractivity contribution in [2.45, 2.75) is 18.8 Å². The molecule has 1 amide bonds. The number of fused-ring (bicyclic) bond motifs is 1. The molecule has 1 saturated heterocycles. The smallest absolute Gasteiger partial charge is 0.340 e. The van der Waals surface area contributed by atoms with E-state index in [0.717, 1.165) is 30.8 Å². The van der Waals surface area contributed by atoms with Gasteiger partial charge in [0.2, 0.25) is 5.95 Å². The number of amides is 1. The van der Waals surface area contributed by atoms with E-state index in [-0.39, 0.29) is 5.56 Å². The normalized spacial score (nSPS) is 23.4. The Morgan fingerprint density at radius 2 is 1.75 bits per heavy atom. The molecule has 2 heterocycles. The third-order valence-corrected chi connectivity index (χ3v) is 5.30. The first-order valence-corrected chi connectivity index (χ1v) is 8.78. The lowest BCUT2D eigenvalue weighted by Crippen LogP contribution is -2.32. The molecule has 2 fully saturated rings. The Hall–Kier alpha value is -2.72. The third-order valence-electron chi connectivity index (χ3n) is 5.30. The van der Waals surface area contributed by atoms with E-state index in [4.69, 9.17) is 5.21 Å².